The first-order chi connectivity index (χ1) is 8.22. The Balaban J connectivity index is 2.01. The van der Waals surface area contributed by atoms with Gasteiger partial charge in [0.15, 0.2) is 5.72 Å². The Morgan fingerprint density at radius 2 is 2.35 bits per heavy atom. The molecule has 2 fully saturated rings. The highest BCUT2D eigenvalue weighted by Crippen LogP contribution is 2.48. The number of pyridine rings is 1. The normalized spacial score (nSPS) is 32.6. The standard InChI is InChI=1S/C12H14N2OS2/c15-12-7-3-1-5-9(12)17-11(16)14(12)10-6-2-4-8-13-10/h2,4,6,8-9,15H,1,3,5,7H2. The predicted molar refractivity (Wildman–Crippen MR) is 74.1 cm³/mol. The van der Waals surface area contributed by atoms with Crippen LogP contribution in [0.15, 0.2) is 24.4 Å². The van der Waals surface area contributed by atoms with Crippen LogP contribution in [0.1, 0.15) is 25.7 Å². The van der Waals surface area contributed by atoms with Crippen molar-refractivity contribution in [2.75, 3.05) is 4.90 Å². The topological polar surface area (TPSA) is 36.4 Å². The SMILES string of the molecule is OC12CCCCC1SC(=S)N2c1ccccn1. The molecular formula is C12H14N2OS2. The van der Waals surface area contributed by atoms with Gasteiger partial charge in [0, 0.05) is 6.20 Å². The maximum atomic E-state index is 10.9. The summed E-state index contributed by atoms with van der Waals surface area (Å²) in [5, 5.41) is 11.1. The second-order valence-electron chi connectivity index (χ2n) is 4.52. The van der Waals surface area contributed by atoms with Crippen LogP contribution in [0.5, 0.6) is 0 Å². The van der Waals surface area contributed by atoms with E-state index < -0.39 is 5.72 Å². The first-order valence-electron chi connectivity index (χ1n) is 5.86. The molecule has 0 radical (unpaired) electrons. The molecule has 0 amide bonds. The Bertz CT molecular complexity index is 439. The van der Waals surface area contributed by atoms with E-state index in [0.717, 1.165) is 29.4 Å². The average molecular weight is 266 g/mol. The van der Waals surface area contributed by atoms with Gasteiger partial charge in [-0.25, -0.2) is 4.98 Å². The van der Waals surface area contributed by atoms with Crippen molar-refractivity contribution in [3.05, 3.63) is 24.4 Å². The third-order valence-corrected chi connectivity index (χ3v) is 5.22. The van der Waals surface area contributed by atoms with E-state index in [1.54, 1.807) is 18.0 Å². The fraction of sp³-hybridized carbons (Fsp3) is 0.500. The molecular weight excluding hydrogens is 252 g/mol. The zero-order valence-electron chi connectivity index (χ0n) is 9.37. The second kappa shape index (κ2) is 4.23. The minimum absolute atomic E-state index is 0.200. The quantitative estimate of drug-likeness (QED) is 0.791. The van der Waals surface area contributed by atoms with E-state index in [2.05, 4.69) is 4.98 Å². The minimum Gasteiger partial charge on any atom is -0.369 e. The van der Waals surface area contributed by atoms with Gasteiger partial charge >= 0.3 is 0 Å². The monoisotopic (exact) mass is 266 g/mol. The lowest BCUT2D eigenvalue weighted by Crippen LogP contribution is -2.53. The molecule has 0 bridgehead atoms. The molecule has 2 aliphatic rings. The van der Waals surface area contributed by atoms with E-state index >= 15 is 0 Å². The molecule has 5 heteroatoms. The predicted octanol–water partition coefficient (Wildman–Crippen LogP) is 2.55. The summed E-state index contributed by atoms with van der Waals surface area (Å²) in [6, 6.07) is 5.70. The van der Waals surface area contributed by atoms with Gasteiger partial charge in [0.2, 0.25) is 0 Å². The number of hydrogen-bond acceptors (Lipinski definition) is 4. The number of anilines is 1. The molecule has 1 aliphatic carbocycles. The van der Waals surface area contributed by atoms with Gasteiger partial charge in [0.1, 0.15) is 10.1 Å². The number of hydrogen-bond donors (Lipinski definition) is 1. The lowest BCUT2D eigenvalue weighted by Gasteiger charge is -2.39. The molecule has 3 nitrogen and oxygen atoms in total. The van der Waals surface area contributed by atoms with Crippen molar-refractivity contribution in [1.82, 2.24) is 4.98 Å². The van der Waals surface area contributed by atoms with Gasteiger partial charge in [-0.1, -0.05) is 36.5 Å². The molecule has 1 aliphatic heterocycles. The highest BCUT2D eigenvalue weighted by molar-refractivity contribution is 8.24. The van der Waals surface area contributed by atoms with Crippen molar-refractivity contribution in [2.45, 2.75) is 36.7 Å². The van der Waals surface area contributed by atoms with Crippen LogP contribution in [0.4, 0.5) is 5.82 Å². The third-order valence-electron chi connectivity index (χ3n) is 3.47. The smallest absolute Gasteiger partial charge is 0.156 e. The summed E-state index contributed by atoms with van der Waals surface area (Å²) in [5.41, 5.74) is -0.825. The Hall–Kier alpha value is -0.650. The summed E-state index contributed by atoms with van der Waals surface area (Å²) in [5.74, 6) is 0.761. The second-order valence-corrected chi connectivity index (χ2v) is 6.36. The van der Waals surface area contributed by atoms with Crippen molar-refractivity contribution in [3.8, 4) is 0 Å². The lowest BCUT2D eigenvalue weighted by molar-refractivity contribution is 0.0239. The Labute approximate surface area is 110 Å². The van der Waals surface area contributed by atoms with E-state index in [9.17, 15) is 5.11 Å². The van der Waals surface area contributed by atoms with Crippen LogP contribution in [0.3, 0.4) is 0 Å². The van der Waals surface area contributed by atoms with Crippen LogP contribution >= 0.6 is 24.0 Å². The highest BCUT2D eigenvalue weighted by atomic mass is 32.2. The van der Waals surface area contributed by atoms with Crippen molar-refractivity contribution >= 4 is 34.1 Å². The first kappa shape index (κ1) is 11.4. The zero-order chi connectivity index (χ0) is 11.9. The maximum absolute atomic E-state index is 10.9. The van der Waals surface area contributed by atoms with Crippen LogP contribution in [0.25, 0.3) is 0 Å². The molecule has 90 valence electrons. The van der Waals surface area contributed by atoms with Gasteiger partial charge in [0.25, 0.3) is 0 Å². The fourth-order valence-corrected chi connectivity index (χ4v) is 4.52. The fourth-order valence-electron chi connectivity index (χ4n) is 2.63. The van der Waals surface area contributed by atoms with E-state index in [1.807, 2.05) is 23.1 Å². The van der Waals surface area contributed by atoms with E-state index in [4.69, 9.17) is 12.2 Å². The number of aliphatic hydroxyl groups is 1. The van der Waals surface area contributed by atoms with Crippen molar-refractivity contribution < 1.29 is 5.11 Å². The molecule has 1 saturated carbocycles. The molecule has 17 heavy (non-hydrogen) atoms. The molecule has 3 rings (SSSR count). The molecule has 0 aromatic carbocycles. The molecule has 1 saturated heterocycles. The zero-order valence-corrected chi connectivity index (χ0v) is 11.0. The van der Waals surface area contributed by atoms with Gasteiger partial charge in [-0.15, -0.1) is 0 Å². The number of rotatable bonds is 1. The highest BCUT2D eigenvalue weighted by Gasteiger charge is 2.52. The summed E-state index contributed by atoms with van der Waals surface area (Å²) in [6.07, 6.45) is 5.78. The van der Waals surface area contributed by atoms with E-state index in [-0.39, 0.29) is 5.25 Å². The van der Waals surface area contributed by atoms with Crippen LogP contribution < -0.4 is 4.90 Å². The summed E-state index contributed by atoms with van der Waals surface area (Å²) in [7, 11) is 0. The van der Waals surface area contributed by atoms with Crippen LogP contribution in [-0.2, 0) is 0 Å². The number of aromatic nitrogens is 1. The maximum Gasteiger partial charge on any atom is 0.156 e. The first-order valence-corrected chi connectivity index (χ1v) is 7.15. The number of thioether (sulfide) groups is 1. The Morgan fingerprint density at radius 1 is 1.47 bits per heavy atom. The average Bonchev–Trinajstić information content (AvgIpc) is 2.60. The largest absolute Gasteiger partial charge is 0.369 e. The minimum atomic E-state index is -0.825. The van der Waals surface area contributed by atoms with Crippen LogP contribution in [0, 0.1) is 0 Å². The molecule has 0 spiro atoms. The van der Waals surface area contributed by atoms with Crippen molar-refractivity contribution in [2.24, 2.45) is 0 Å². The van der Waals surface area contributed by atoms with Crippen LogP contribution in [-0.4, -0.2) is 25.4 Å². The lowest BCUT2D eigenvalue weighted by atomic mass is 9.90. The van der Waals surface area contributed by atoms with Gasteiger partial charge in [-0.2, -0.15) is 0 Å². The summed E-state index contributed by atoms with van der Waals surface area (Å²) >= 11 is 7.02. The van der Waals surface area contributed by atoms with Gasteiger partial charge in [-0.3, -0.25) is 4.90 Å². The number of nitrogens with zero attached hydrogens (tertiary/aromatic N) is 2. The van der Waals surface area contributed by atoms with Gasteiger partial charge < -0.3 is 5.11 Å². The Kier molecular flexibility index (Phi) is 2.84. The summed E-state index contributed by atoms with van der Waals surface area (Å²) < 4.78 is 0.748. The van der Waals surface area contributed by atoms with E-state index in [0.29, 0.717) is 0 Å². The molecule has 2 heterocycles. The Morgan fingerprint density at radius 3 is 3.12 bits per heavy atom. The molecule has 1 aromatic rings. The summed E-state index contributed by atoms with van der Waals surface area (Å²) in [4.78, 5) is 6.16. The van der Waals surface area contributed by atoms with Crippen LogP contribution in [0.2, 0.25) is 0 Å². The molecule has 2 atom stereocenters. The van der Waals surface area contributed by atoms with Gasteiger partial charge in [-0.05, 0) is 31.4 Å². The number of thiocarbonyl (C=S) groups is 1. The third kappa shape index (κ3) is 1.77. The molecule has 1 N–H and O–H groups in total. The van der Waals surface area contributed by atoms with E-state index in [1.165, 1.54) is 6.42 Å². The van der Waals surface area contributed by atoms with Crippen molar-refractivity contribution in [1.29, 1.82) is 0 Å². The summed E-state index contributed by atoms with van der Waals surface area (Å²) in [6.45, 7) is 0. The van der Waals surface area contributed by atoms with Gasteiger partial charge in [0.05, 0.1) is 5.25 Å². The molecule has 2 unspecified atom stereocenters. The molecule has 1 aromatic heterocycles. The van der Waals surface area contributed by atoms with Crippen molar-refractivity contribution in [3.63, 3.8) is 0 Å². The number of fused-ring (bicyclic) bond motifs is 1.